The molecular formula is C19H23NO5. The zero-order valence-electron chi connectivity index (χ0n) is 15.2. The predicted molar refractivity (Wildman–Crippen MR) is 92.7 cm³/mol. The number of nitrogens with zero attached hydrogens (tertiary/aromatic N) is 1. The fourth-order valence-corrected chi connectivity index (χ4v) is 3.00. The molecule has 0 N–H and O–H groups in total. The van der Waals surface area contributed by atoms with Crippen molar-refractivity contribution in [2.45, 2.75) is 38.9 Å². The molecule has 1 spiro atoms. The average Bonchev–Trinajstić information content (AvgIpc) is 2.49. The van der Waals surface area contributed by atoms with E-state index in [1.807, 2.05) is 52.0 Å². The van der Waals surface area contributed by atoms with E-state index >= 15 is 0 Å². The van der Waals surface area contributed by atoms with Crippen molar-refractivity contribution in [2.24, 2.45) is 0 Å². The van der Waals surface area contributed by atoms with Crippen LogP contribution in [0.15, 0.2) is 18.2 Å². The number of fused-ring (bicyclic) bond motifs is 1. The van der Waals surface area contributed by atoms with E-state index in [1.54, 1.807) is 4.90 Å². The Morgan fingerprint density at radius 2 is 1.92 bits per heavy atom. The van der Waals surface area contributed by atoms with Crippen molar-refractivity contribution in [2.75, 3.05) is 20.2 Å². The number of carbonyl (C=O) groups excluding carboxylic acids is 2. The molecule has 1 aromatic carbocycles. The number of esters is 1. The lowest BCUT2D eigenvalue weighted by Gasteiger charge is -2.49. The topological polar surface area (TPSA) is 65.1 Å². The third-order valence-electron chi connectivity index (χ3n) is 4.23. The Labute approximate surface area is 147 Å². The second-order valence-electron chi connectivity index (χ2n) is 7.50. The molecule has 0 aliphatic carbocycles. The van der Waals surface area contributed by atoms with E-state index in [0.29, 0.717) is 24.4 Å². The molecule has 1 aromatic rings. The maximum atomic E-state index is 12.1. The number of amides is 1. The number of hydrogen-bond donors (Lipinski definition) is 0. The van der Waals surface area contributed by atoms with Gasteiger partial charge in [0.25, 0.3) is 0 Å². The normalized spacial score (nSPS) is 17.4. The van der Waals surface area contributed by atoms with E-state index in [4.69, 9.17) is 14.2 Å². The van der Waals surface area contributed by atoms with Gasteiger partial charge >= 0.3 is 12.1 Å². The van der Waals surface area contributed by atoms with E-state index < -0.39 is 17.2 Å². The van der Waals surface area contributed by atoms with E-state index in [1.165, 1.54) is 7.11 Å². The van der Waals surface area contributed by atoms with Gasteiger partial charge < -0.3 is 14.2 Å². The van der Waals surface area contributed by atoms with Gasteiger partial charge in [-0.1, -0.05) is 18.2 Å². The molecule has 6 heteroatoms. The number of aryl methyl sites for hydroxylation is 1. The van der Waals surface area contributed by atoms with E-state index in [2.05, 4.69) is 0 Å². The largest absolute Gasteiger partial charge is 0.478 e. The molecule has 25 heavy (non-hydrogen) atoms. The zero-order valence-corrected chi connectivity index (χ0v) is 15.2. The number of likely N-dealkylation sites (tertiary alicyclic amines) is 1. The minimum absolute atomic E-state index is 0.363. The monoisotopic (exact) mass is 345 g/mol. The average molecular weight is 345 g/mol. The summed E-state index contributed by atoms with van der Waals surface area (Å²) in [5.41, 5.74) is 0.886. The standard InChI is InChI=1S/C19H23NO5/c1-12-6-7-13-8-9-19(24-15(13)14(12)16(21)23-5)10-20(11-19)17(22)25-18(2,3)4/h6-9H,10-11H2,1-5H3. The van der Waals surface area contributed by atoms with Crippen LogP contribution in [0.25, 0.3) is 6.08 Å². The Kier molecular flexibility index (Phi) is 4.01. The highest BCUT2D eigenvalue weighted by molar-refractivity contribution is 5.96. The molecule has 2 heterocycles. The van der Waals surface area contributed by atoms with Crippen LogP contribution in [0.4, 0.5) is 4.79 Å². The molecule has 3 rings (SSSR count). The van der Waals surface area contributed by atoms with Crippen LogP contribution < -0.4 is 4.74 Å². The lowest BCUT2D eigenvalue weighted by Crippen LogP contribution is -2.66. The summed E-state index contributed by atoms with van der Waals surface area (Å²) in [6.07, 6.45) is 3.50. The molecule has 1 amide bonds. The van der Waals surface area contributed by atoms with Gasteiger partial charge in [0.1, 0.15) is 16.9 Å². The van der Waals surface area contributed by atoms with Gasteiger partial charge in [-0.25, -0.2) is 9.59 Å². The van der Waals surface area contributed by atoms with Crippen molar-refractivity contribution in [3.63, 3.8) is 0 Å². The third-order valence-corrected chi connectivity index (χ3v) is 4.23. The van der Waals surface area contributed by atoms with Crippen molar-refractivity contribution >= 4 is 18.1 Å². The Bertz CT molecular complexity index is 754. The van der Waals surface area contributed by atoms with Crippen molar-refractivity contribution < 1.29 is 23.8 Å². The summed E-state index contributed by atoms with van der Waals surface area (Å²) < 4.78 is 16.4. The summed E-state index contributed by atoms with van der Waals surface area (Å²) in [7, 11) is 1.35. The summed E-state index contributed by atoms with van der Waals surface area (Å²) in [6.45, 7) is 8.10. The summed E-state index contributed by atoms with van der Waals surface area (Å²) in [5.74, 6) is 0.0845. The molecule has 2 aliphatic rings. The van der Waals surface area contributed by atoms with Crippen molar-refractivity contribution in [3.8, 4) is 5.75 Å². The van der Waals surface area contributed by atoms with E-state index in [0.717, 1.165) is 11.1 Å². The van der Waals surface area contributed by atoms with Crippen molar-refractivity contribution in [1.29, 1.82) is 0 Å². The molecule has 0 unspecified atom stereocenters. The maximum absolute atomic E-state index is 12.1. The summed E-state index contributed by atoms with van der Waals surface area (Å²) in [6, 6.07) is 3.77. The second kappa shape index (κ2) is 5.79. The lowest BCUT2D eigenvalue weighted by atomic mass is 9.89. The number of hydrogen-bond acceptors (Lipinski definition) is 5. The highest BCUT2D eigenvalue weighted by Gasteiger charge is 2.49. The highest BCUT2D eigenvalue weighted by atomic mass is 16.6. The number of carbonyl (C=O) groups is 2. The number of benzene rings is 1. The van der Waals surface area contributed by atoms with E-state index in [9.17, 15) is 9.59 Å². The minimum atomic E-state index is -0.625. The highest BCUT2D eigenvalue weighted by Crippen LogP contribution is 2.40. The fourth-order valence-electron chi connectivity index (χ4n) is 3.00. The molecule has 0 radical (unpaired) electrons. The van der Waals surface area contributed by atoms with E-state index in [-0.39, 0.29) is 6.09 Å². The van der Waals surface area contributed by atoms with Crippen LogP contribution in [0, 0.1) is 6.92 Å². The molecule has 0 bridgehead atoms. The van der Waals surface area contributed by atoms with Gasteiger partial charge in [-0.15, -0.1) is 0 Å². The molecular weight excluding hydrogens is 322 g/mol. The summed E-state index contributed by atoms with van der Waals surface area (Å²) >= 11 is 0. The first kappa shape index (κ1) is 17.3. The third kappa shape index (κ3) is 3.21. The second-order valence-corrected chi connectivity index (χ2v) is 7.50. The molecule has 6 nitrogen and oxygen atoms in total. The van der Waals surface area contributed by atoms with Gasteiger partial charge in [0.2, 0.25) is 0 Å². The fraction of sp³-hybridized carbons (Fsp3) is 0.474. The molecule has 0 aromatic heterocycles. The Hall–Kier alpha value is -2.50. The zero-order chi connectivity index (χ0) is 18.4. The van der Waals surface area contributed by atoms with Crippen LogP contribution in [0.5, 0.6) is 5.75 Å². The van der Waals surface area contributed by atoms with Crippen molar-refractivity contribution in [3.05, 3.63) is 34.9 Å². The van der Waals surface area contributed by atoms with Gasteiger partial charge in [-0.05, 0) is 39.3 Å². The Balaban J connectivity index is 1.80. The summed E-state index contributed by atoms with van der Waals surface area (Å²) in [4.78, 5) is 25.9. The predicted octanol–water partition coefficient (Wildman–Crippen LogP) is 3.18. The van der Waals surface area contributed by atoms with Crippen LogP contribution >= 0.6 is 0 Å². The quantitative estimate of drug-likeness (QED) is 0.732. The van der Waals surface area contributed by atoms with Gasteiger partial charge in [-0.2, -0.15) is 0 Å². The van der Waals surface area contributed by atoms with Crippen LogP contribution in [0.2, 0.25) is 0 Å². The van der Waals surface area contributed by atoms with Crippen LogP contribution in [0.1, 0.15) is 42.3 Å². The maximum Gasteiger partial charge on any atom is 0.410 e. The van der Waals surface area contributed by atoms with Gasteiger partial charge in [0, 0.05) is 5.56 Å². The van der Waals surface area contributed by atoms with Gasteiger partial charge in [0.05, 0.1) is 20.2 Å². The lowest BCUT2D eigenvalue weighted by molar-refractivity contribution is -0.0567. The van der Waals surface area contributed by atoms with Crippen LogP contribution in [-0.4, -0.2) is 48.4 Å². The first-order chi connectivity index (χ1) is 11.6. The van der Waals surface area contributed by atoms with Crippen molar-refractivity contribution in [1.82, 2.24) is 4.90 Å². The van der Waals surface area contributed by atoms with Crippen LogP contribution in [0.3, 0.4) is 0 Å². The Morgan fingerprint density at radius 1 is 1.24 bits per heavy atom. The first-order valence-electron chi connectivity index (χ1n) is 8.22. The first-order valence-corrected chi connectivity index (χ1v) is 8.22. The number of methoxy groups -OCH3 is 1. The van der Waals surface area contributed by atoms with Gasteiger partial charge in [-0.3, -0.25) is 4.90 Å². The molecule has 1 fully saturated rings. The molecule has 0 atom stereocenters. The molecule has 1 saturated heterocycles. The number of ether oxygens (including phenoxy) is 3. The van der Waals surface area contributed by atoms with Crippen LogP contribution in [-0.2, 0) is 9.47 Å². The molecule has 134 valence electrons. The smallest absolute Gasteiger partial charge is 0.410 e. The SMILES string of the molecule is COC(=O)c1c(C)ccc2c1OC1(C=C2)CN(C(=O)OC(C)(C)C)C1. The van der Waals surface area contributed by atoms with Gasteiger partial charge in [0.15, 0.2) is 5.60 Å². The summed E-state index contributed by atoms with van der Waals surface area (Å²) in [5, 5.41) is 0. The molecule has 2 aliphatic heterocycles. The number of rotatable bonds is 1. The minimum Gasteiger partial charge on any atom is -0.478 e. The Morgan fingerprint density at radius 3 is 2.52 bits per heavy atom. The molecule has 0 saturated carbocycles.